The molecular weight excluding hydrogens is 448 g/mol. The molecule has 7 nitrogen and oxygen atoms in total. The highest BCUT2D eigenvalue weighted by molar-refractivity contribution is 7.89. The Balaban J connectivity index is 1.74. The molecule has 0 bridgehead atoms. The van der Waals surface area contributed by atoms with Crippen molar-refractivity contribution in [3.8, 4) is 0 Å². The van der Waals surface area contributed by atoms with Crippen LogP contribution in [0.4, 0.5) is 0 Å². The molecule has 8 heteroatoms. The van der Waals surface area contributed by atoms with E-state index >= 15 is 0 Å². The molecule has 0 saturated carbocycles. The third-order valence-electron chi connectivity index (χ3n) is 6.11. The number of nitrogens with zero attached hydrogens (tertiary/aromatic N) is 3. The van der Waals surface area contributed by atoms with Gasteiger partial charge in [-0.3, -0.25) is 4.79 Å². The first-order chi connectivity index (χ1) is 16.2. The Kier molecular flexibility index (Phi) is 8.49. The Morgan fingerprint density at radius 1 is 1.09 bits per heavy atom. The van der Waals surface area contributed by atoms with Crippen molar-refractivity contribution in [2.45, 2.75) is 57.9 Å². The molecule has 1 atom stereocenters. The number of sulfonamides is 1. The normalized spacial score (nSPS) is 13.0. The van der Waals surface area contributed by atoms with Gasteiger partial charge in [0.1, 0.15) is 5.82 Å². The van der Waals surface area contributed by atoms with Crippen molar-refractivity contribution >= 4 is 27.0 Å². The summed E-state index contributed by atoms with van der Waals surface area (Å²) in [6.07, 6.45) is 1.65. The molecule has 0 aliphatic carbocycles. The van der Waals surface area contributed by atoms with Crippen molar-refractivity contribution in [2.24, 2.45) is 13.0 Å². The van der Waals surface area contributed by atoms with Crippen LogP contribution in [-0.4, -0.2) is 41.3 Å². The minimum Gasteiger partial charge on any atom is -0.349 e. The van der Waals surface area contributed by atoms with Gasteiger partial charge in [-0.1, -0.05) is 58.0 Å². The van der Waals surface area contributed by atoms with Crippen molar-refractivity contribution in [3.63, 3.8) is 0 Å². The summed E-state index contributed by atoms with van der Waals surface area (Å²) < 4.78 is 29.1. The summed E-state index contributed by atoms with van der Waals surface area (Å²) in [5, 5.41) is 3.18. The zero-order valence-corrected chi connectivity index (χ0v) is 21.6. The van der Waals surface area contributed by atoms with Crippen LogP contribution in [0.15, 0.2) is 53.4 Å². The molecule has 0 aliphatic rings. The lowest BCUT2D eigenvalue weighted by atomic mass is 9.97. The number of hydrogen-bond donors (Lipinski definition) is 1. The molecule has 0 radical (unpaired) electrons. The number of hydrogen-bond acceptors (Lipinski definition) is 4. The van der Waals surface area contributed by atoms with E-state index in [1.807, 2.05) is 55.8 Å². The second kappa shape index (κ2) is 11.1. The summed E-state index contributed by atoms with van der Waals surface area (Å²) in [4.78, 5) is 17.7. The van der Waals surface area contributed by atoms with Crippen molar-refractivity contribution in [2.75, 3.05) is 13.1 Å². The Hall–Kier alpha value is -2.71. The minimum absolute atomic E-state index is 0.0219. The molecule has 0 fully saturated rings. The molecule has 0 spiro atoms. The SMILES string of the molecule is CCN(CC)S(=O)(=O)c1ccc2c(c1)nc(CCC(=O)NC(CC(C)C)c1ccccc1)n2C. The molecule has 3 rings (SSSR count). The number of rotatable bonds is 11. The van der Waals surface area contributed by atoms with Crippen LogP contribution in [0, 0.1) is 5.92 Å². The lowest BCUT2D eigenvalue weighted by Crippen LogP contribution is -2.30. The maximum atomic E-state index is 12.9. The molecule has 2 aromatic carbocycles. The monoisotopic (exact) mass is 484 g/mol. The Morgan fingerprint density at radius 3 is 2.38 bits per heavy atom. The van der Waals surface area contributed by atoms with Gasteiger partial charge in [0.25, 0.3) is 0 Å². The summed E-state index contributed by atoms with van der Waals surface area (Å²) in [6, 6.07) is 15.1. The zero-order chi connectivity index (χ0) is 24.9. The summed E-state index contributed by atoms with van der Waals surface area (Å²) in [7, 11) is -1.66. The van der Waals surface area contributed by atoms with Gasteiger partial charge < -0.3 is 9.88 Å². The van der Waals surface area contributed by atoms with Crippen LogP contribution >= 0.6 is 0 Å². The number of carbonyl (C=O) groups excluding carboxylic acids is 1. The van der Waals surface area contributed by atoms with Crippen LogP contribution < -0.4 is 5.32 Å². The number of aryl methyl sites for hydroxylation is 2. The van der Waals surface area contributed by atoms with Crippen LogP contribution in [0.5, 0.6) is 0 Å². The van der Waals surface area contributed by atoms with Crippen molar-refractivity contribution in [1.29, 1.82) is 0 Å². The van der Waals surface area contributed by atoms with Gasteiger partial charge in [0.05, 0.1) is 22.0 Å². The Bertz CT molecular complexity index is 1220. The molecule has 1 aromatic heterocycles. The summed E-state index contributed by atoms with van der Waals surface area (Å²) in [5.41, 5.74) is 2.57. The first kappa shape index (κ1) is 25.9. The van der Waals surface area contributed by atoms with Gasteiger partial charge in [-0.2, -0.15) is 4.31 Å². The number of nitrogens with one attached hydrogen (secondary N) is 1. The lowest BCUT2D eigenvalue weighted by molar-refractivity contribution is -0.121. The predicted octanol–water partition coefficient (Wildman–Crippen LogP) is 4.44. The van der Waals surface area contributed by atoms with Gasteiger partial charge in [0, 0.05) is 33.0 Å². The van der Waals surface area contributed by atoms with Gasteiger partial charge in [-0.05, 0) is 36.1 Å². The van der Waals surface area contributed by atoms with E-state index in [9.17, 15) is 13.2 Å². The highest BCUT2D eigenvalue weighted by Gasteiger charge is 2.23. The van der Waals surface area contributed by atoms with E-state index in [1.165, 1.54) is 4.31 Å². The number of imidazole rings is 1. The van der Waals surface area contributed by atoms with E-state index in [4.69, 9.17) is 0 Å². The summed E-state index contributed by atoms with van der Waals surface area (Å²) in [5.74, 6) is 1.18. The number of fused-ring (bicyclic) bond motifs is 1. The fourth-order valence-electron chi connectivity index (χ4n) is 4.25. The maximum Gasteiger partial charge on any atom is 0.243 e. The fourth-order valence-corrected chi connectivity index (χ4v) is 5.73. The average molecular weight is 485 g/mol. The standard InChI is InChI=1S/C26H36N4O3S/c1-6-30(7-2)34(32,33)21-13-14-24-23(18-21)27-25(29(24)5)15-16-26(31)28-22(17-19(3)4)20-11-9-8-10-12-20/h8-14,18-19,22H,6-7,15-17H2,1-5H3,(H,28,31). The summed E-state index contributed by atoms with van der Waals surface area (Å²) >= 11 is 0. The first-order valence-corrected chi connectivity index (χ1v) is 13.4. The topological polar surface area (TPSA) is 84.3 Å². The highest BCUT2D eigenvalue weighted by Crippen LogP contribution is 2.24. The molecule has 0 aliphatic heterocycles. The summed E-state index contributed by atoms with van der Waals surface area (Å²) in [6.45, 7) is 8.78. The highest BCUT2D eigenvalue weighted by atomic mass is 32.2. The smallest absolute Gasteiger partial charge is 0.243 e. The van der Waals surface area contributed by atoms with Gasteiger partial charge in [-0.25, -0.2) is 13.4 Å². The van der Waals surface area contributed by atoms with Crippen LogP contribution in [0.1, 0.15) is 58.0 Å². The van der Waals surface area contributed by atoms with Crippen LogP contribution in [-0.2, 0) is 28.3 Å². The minimum atomic E-state index is -3.55. The van der Waals surface area contributed by atoms with Crippen molar-refractivity contribution < 1.29 is 13.2 Å². The third kappa shape index (κ3) is 5.85. The second-order valence-electron chi connectivity index (χ2n) is 8.99. The van der Waals surface area contributed by atoms with Crippen LogP contribution in [0.25, 0.3) is 11.0 Å². The number of carbonyl (C=O) groups is 1. The molecule has 1 heterocycles. The van der Waals surface area contributed by atoms with Gasteiger partial charge in [0.15, 0.2) is 0 Å². The maximum absolute atomic E-state index is 12.9. The zero-order valence-electron chi connectivity index (χ0n) is 20.8. The van der Waals surface area contributed by atoms with Crippen LogP contribution in [0.3, 0.4) is 0 Å². The third-order valence-corrected chi connectivity index (χ3v) is 8.15. The van der Waals surface area contributed by atoms with Gasteiger partial charge in [-0.15, -0.1) is 0 Å². The number of aromatic nitrogens is 2. The molecule has 1 amide bonds. The van der Waals surface area contributed by atoms with E-state index in [0.29, 0.717) is 37.4 Å². The Morgan fingerprint density at radius 2 is 1.76 bits per heavy atom. The first-order valence-electron chi connectivity index (χ1n) is 12.0. The molecule has 0 saturated heterocycles. The molecule has 34 heavy (non-hydrogen) atoms. The number of amides is 1. The Labute approximate surface area is 203 Å². The molecule has 3 aromatic rings. The van der Waals surface area contributed by atoms with E-state index in [0.717, 1.165) is 23.3 Å². The van der Waals surface area contributed by atoms with E-state index in [2.05, 4.69) is 24.1 Å². The van der Waals surface area contributed by atoms with Gasteiger partial charge >= 0.3 is 0 Å². The predicted molar refractivity (Wildman–Crippen MR) is 136 cm³/mol. The average Bonchev–Trinajstić information content (AvgIpc) is 3.13. The molecule has 184 valence electrons. The molecule has 1 N–H and O–H groups in total. The van der Waals surface area contributed by atoms with Crippen LogP contribution in [0.2, 0.25) is 0 Å². The van der Waals surface area contributed by atoms with E-state index < -0.39 is 10.0 Å². The largest absolute Gasteiger partial charge is 0.349 e. The molecule has 1 unspecified atom stereocenters. The molecular formula is C26H36N4O3S. The van der Waals surface area contributed by atoms with E-state index in [1.54, 1.807) is 18.2 Å². The van der Waals surface area contributed by atoms with Gasteiger partial charge in [0.2, 0.25) is 15.9 Å². The lowest BCUT2D eigenvalue weighted by Gasteiger charge is -2.21. The van der Waals surface area contributed by atoms with E-state index in [-0.39, 0.29) is 16.8 Å². The quantitative estimate of drug-likeness (QED) is 0.436. The van der Waals surface area contributed by atoms with Crippen molar-refractivity contribution in [3.05, 3.63) is 59.9 Å². The number of benzene rings is 2. The van der Waals surface area contributed by atoms with Crippen molar-refractivity contribution in [1.82, 2.24) is 19.2 Å². The second-order valence-corrected chi connectivity index (χ2v) is 10.9. The fraction of sp³-hybridized carbons (Fsp3) is 0.462.